The highest BCUT2D eigenvalue weighted by Crippen LogP contribution is 2.20. The molecule has 1 aliphatic heterocycles. The molecule has 2 amide bonds. The van der Waals surface area contributed by atoms with Gasteiger partial charge in [-0.3, -0.25) is 14.5 Å². The zero-order valence-electron chi connectivity index (χ0n) is 15.4. The van der Waals surface area contributed by atoms with Gasteiger partial charge in [-0.25, -0.2) is 4.98 Å². The van der Waals surface area contributed by atoms with Gasteiger partial charge in [0.05, 0.1) is 19.3 Å². The molecular formula is C20H24ClN4O2+. The van der Waals surface area contributed by atoms with Crippen LogP contribution < -0.4 is 15.2 Å². The number of carbonyl (C=O) groups excluding carboxylic acids is 2. The SMILES string of the molecule is Cc1ccc(NC(=O)CCC(=O)N2CCN(c3cccc[nH+]3)CC2)cc1Cl. The Bertz CT molecular complexity index is 805. The quantitative estimate of drug-likeness (QED) is 0.857. The van der Waals surface area contributed by atoms with Crippen LogP contribution in [0.1, 0.15) is 18.4 Å². The van der Waals surface area contributed by atoms with Gasteiger partial charge in [0.25, 0.3) is 5.82 Å². The third kappa shape index (κ3) is 5.20. The number of aromatic nitrogens is 1. The van der Waals surface area contributed by atoms with E-state index in [-0.39, 0.29) is 24.7 Å². The summed E-state index contributed by atoms with van der Waals surface area (Å²) in [4.78, 5) is 31.8. The molecule has 142 valence electrons. The van der Waals surface area contributed by atoms with Crippen molar-refractivity contribution in [3.05, 3.63) is 53.2 Å². The summed E-state index contributed by atoms with van der Waals surface area (Å²) in [5.41, 5.74) is 1.60. The lowest BCUT2D eigenvalue weighted by atomic mass is 10.2. The summed E-state index contributed by atoms with van der Waals surface area (Å²) in [5.74, 6) is 0.894. The van der Waals surface area contributed by atoms with Crippen LogP contribution in [-0.4, -0.2) is 42.9 Å². The van der Waals surface area contributed by atoms with Gasteiger partial charge in [-0.2, -0.15) is 0 Å². The minimum Gasteiger partial charge on any atom is -0.335 e. The summed E-state index contributed by atoms with van der Waals surface area (Å²) in [6, 6.07) is 11.3. The molecule has 0 bridgehead atoms. The molecule has 0 atom stereocenters. The Morgan fingerprint density at radius 1 is 1.11 bits per heavy atom. The first-order chi connectivity index (χ1) is 13.0. The van der Waals surface area contributed by atoms with Gasteiger partial charge >= 0.3 is 0 Å². The number of H-pyrrole nitrogens is 1. The third-order valence-electron chi connectivity index (χ3n) is 4.69. The predicted octanol–water partition coefficient (Wildman–Crippen LogP) is 2.53. The molecule has 2 aromatic rings. The number of nitrogens with one attached hydrogen (secondary N) is 2. The van der Waals surface area contributed by atoms with Crippen LogP contribution in [0.3, 0.4) is 0 Å². The summed E-state index contributed by atoms with van der Waals surface area (Å²) in [6.07, 6.45) is 2.27. The van der Waals surface area contributed by atoms with Crippen molar-refractivity contribution in [2.45, 2.75) is 19.8 Å². The van der Waals surface area contributed by atoms with Crippen molar-refractivity contribution in [3.63, 3.8) is 0 Å². The number of aryl methyl sites for hydroxylation is 1. The Hall–Kier alpha value is -2.60. The first kappa shape index (κ1) is 19.2. The molecule has 1 aromatic heterocycles. The molecule has 7 heteroatoms. The molecule has 1 aliphatic rings. The van der Waals surface area contributed by atoms with Crippen LogP contribution in [0.5, 0.6) is 0 Å². The highest BCUT2D eigenvalue weighted by molar-refractivity contribution is 6.31. The van der Waals surface area contributed by atoms with Crippen molar-refractivity contribution in [2.75, 3.05) is 36.4 Å². The number of aromatic amines is 1. The lowest BCUT2D eigenvalue weighted by Gasteiger charge is -2.31. The maximum atomic E-state index is 12.4. The number of benzene rings is 1. The second-order valence-corrected chi connectivity index (χ2v) is 7.03. The van der Waals surface area contributed by atoms with Crippen molar-refractivity contribution < 1.29 is 14.6 Å². The van der Waals surface area contributed by atoms with Gasteiger partial charge in [0.15, 0.2) is 0 Å². The fraction of sp³-hybridized carbons (Fsp3) is 0.350. The summed E-state index contributed by atoms with van der Waals surface area (Å²) < 4.78 is 0. The number of rotatable bonds is 5. The van der Waals surface area contributed by atoms with Gasteiger partial charge in [-0.1, -0.05) is 23.7 Å². The number of anilines is 2. The van der Waals surface area contributed by atoms with E-state index in [1.54, 1.807) is 12.1 Å². The second kappa shape index (κ2) is 8.86. The number of carbonyl (C=O) groups is 2. The molecule has 1 aromatic carbocycles. The van der Waals surface area contributed by atoms with Gasteiger partial charge in [-0.05, 0) is 30.7 Å². The highest BCUT2D eigenvalue weighted by atomic mass is 35.5. The average Bonchev–Trinajstić information content (AvgIpc) is 2.70. The summed E-state index contributed by atoms with van der Waals surface area (Å²) in [7, 11) is 0. The lowest BCUT2D eigenvalue weighted by molar-refractivity contribution is -0.364. The Kier molecular flexibility index (Phi) is 6.29. The van der Waals surface area contributed by atoms with E-state index < -0.39 is 0 Å². The van der Waals surface area contributed by atoms with E-state index in [9.17, 15) is 9.59 Å². The molecule has 2 N–H and O–H groups in total. The van der Waals surface area contributed by atoms with Crippen LogP contribution in [0.25, 0.3) is 0 Å². The van der Waals surface area contributed by atoms with Crippen LogP contribution in [0, 0.1) is 6.92 Å². The molecule has 2 heterocycles. The fourth-order valence-electron chi connectivity index (χ4n) is 3.05. The number of halogens is 1. The van der Waals surface area contributed by atoms with Crippen molar-refractivity contribution in [2.24, 2.45) is 0 Å². The molecular weight excluding hydrogens is 364 g/mol. The second-order valence-electron chi connectivity index (χ2n) is 6.63. The third-order valence-corrected chi connectivity index (χ3v) is 5.09. The number of nitrogens with zero attached hydrogens (tertiary/aromatic N) is 2. The van der Waals surface area contributed by atoms with Crippen LogP contribution >= 0.6 is 11.6 Å². The zero-order chi connectivity index (χ0) is 19.2. The van der Waals surface area contributed by atoms with Crippen LogP contribution in [0.2, 0.25) is 5.02 Å². The van der Waals surface area contributed by atoms with Gasteiger partial charge < -0.3 is 10.2 Å². The van der Waals surface area contributed by atoms with E-state index in [1.165, 1.54) is 0 Å². The largest absolute Gasteiger partial charge is 0.335 e. The van der Waals surface area contributed by atoms with E-state index in [0.717, 1.165) is 24.5 Å². The van der Waals surface area contributed by atoms with Crippen LogP contribution in [0.15, 0.2) is 42.6 Å². The number of piperazine rings is 1. The van der Waals surface area contributed by atoms with E-state index in [1.807, 2.05) is 42.3 Å². The fourth-order valence-corrected chi connectivity index (χ4v) is 3.23. The molecule has 0 unspecified atom stereocenters. The normalized spacial score (nSPS) is 14.1. The number of hydrogen-bond acceptors (Lipinski definition) is 3. The number of pyridine rings is 1. The molecule has 1 saturated heterocycles. The summed E-state index contributed by atoms with van der Waals surface area (Å²) >= 11 is 6.06. The Balaban J connectivity index is 1.43. The minimum atomic E-state index is -0.180. The van der Waals surface area contributed by atoms with Gasteiger partial charge in [0.1, 0.15) is 13.1 Å². The first-order valence-corrected chi connectivity index (χ1v) is 9.46. The number of amides is 2. The molecule has 0 aliphatic carbocycles. The smallest absolute Gasteiger partial charge is 0.274 e. The standard InChI is InChI=1S/C20H23ClN4O2/c1-15-5-6-16(14-17(15)21)23-19(26)7-8-20(27)25-12-10-24(11-13-25)18-4-2-3-9-22-18/h2-6,9,14H,7-8,10-13H2,1H3,(H,23,26)/p+1. The van der Waals surface area contributed by atoms with Crippen LogP contribution in [-0.2, 0) is 9.59 Å². The Morgan fingerprint density at radius 2 is 1.89 bits per heavy atom. The molecule has 6 nitrogen and oxygen atoms in total. The molecule has 1 fully saturated rings. The summed E-state index contributed by atoms with van der Waals surface area (Å²) in [6.45, 7) is 4.79. The average molecular weight is 388 g/mol. The zero-order valence-corrected chi connectivity index (χ0v) is 16.1. The van der Waals surface area contributed by atoms with Gasteiger partial charge in [0.2, 0.25) is 11.8 Å². The maximum absolute atomic E-state index is 12.4. The monoisotopic (exact) mass is 387 g/mol. The van der Waals surface area contributed by atoms with E-state index in [0.29, 0.717) is 23.8 Å². The van der Waals surface area contributed by atoms with Gasteiger partial charge in [0, 0.05) is 29.6 Å². The Labute approximate surface area is 164 Å². The molecule has 3 rings (SSSR count). The predicted molar refractivity (Wildman–Crippen MR) is 106 cm³/mol. The summed E-state index contributed by atoms with van der Waals surface area (Å²) in [5, 5.41) is 3.40. The topological polar surface area (TPSA) is 66.8 Å². The molecule has 0 saturated carbocycles. The Morgan fingerprint density at radius 3 is 2.56 bits per heavy atom. The van der Waals surface area contributed by atoms with Crippen molar-refractivity contribution in [1.82, 2.24) is 4.90 Å². The number of hydrogen-bond donors (Lipinski definition) is 1. The van der Waals surface area contributed by atoms with E-state index in [2.05, 4.69) is 15.2 Å². The van der Waals surface area contributed by atoms with Crippen molar-refractivity contribution in [1.29, 1.82) is 0 Å². The first-order valence-electron chi connectivity index (χ1n) is 9.08. The molecule has 27 heavy (non-hydrogen) atoms. The molecule has 0 radical (unpaired) electrons. The molecule has 0 spiro atoms. The van der Waals surface area contributed by atoms with E-state index in [4.69, 9.17) is 11.6 Å². The van der Waals surface area contributed by atoms with Crippen LogP contribution in [0.4, 0.5) is 11.5 Å². The maximum Gasteiger partial charge on any atom is 0.274 e. The minimum absolute atomic E-state index is 0.0174. The van der Waals surface area contributed by atoms with Crippen molar-refractivity contribution in [3.8, 4) is 0 Å². The van der Waals surface area contributed by atoms with Crippen molar-refractivity contribution >= 4 is 34.9 Å². The highest BCUT2D eigenvalue weighted by Gasteiger charge is 2.26. The lowest BCUT2D eigenvalue weighted by Crippen LogP contribution is -2.50. The van der Waals surface area contributed by atoms with E-state index >= 15 is 0 Å². The van der Waals surface area contributed by atoms with Gasteiger partial charge in [-0.15, -0.1) is 0 Å².